The van der Waals surface area contributed by atoms with Crippen molar-refractivity contribution < 1.29 is 22.8 Å². The summed E-state index contributed by atoms with van der Waals surface area (Å²) >= 11 is 1.63. The molecule has 0 saturated carbocycles. The Morgan fingerprint density at radius 3 is 2.29 bits per heavy atom. The summed E-state index contributed by atoms with van der Waals surface area (Å²) in [6.07, 6.45) is 1.68. The molecule has 1 atom stereocenters. The Bertz CT molecular complexity index is 235. The third-order valence-corrected chi connectivity index (χ3v) is 6.34. The van der Waals surface area contributed by atoms with Gasteiger partial charge in [0.05, 0.1) is 6.61 Å². The van der Waals surface area contributed by atoms with Crippen LogP contribution in [0.1, 0.15) is 12.8 Å². The van der Waals surface area contributed by atoms with Gasteiger partial charge in [0.15, 0.2) is 0 Å². The number of unbranched alkanes of at least 4 members (excludes halogenated alkanes) is 1. The van der Waals surface area contributed by atoms with E-state index >= 15 is 0 Å². The molecular formula is C10H20O5SSi. The lowest BCUT2D eigenvalue weighted by molar-refractivity contribution is -0.142. The fourth-order valence-electron chi connectivity index (χ4n) is 1.45. The van der Waals surface area contributed by atoms with Gasteiger partial charge in [0, 0.05) is 33.1 Å². The largest absolute Gasteiger partial charge is 0.500 e. The third-order valence-electron chi connectivity index (χ3n) is 2.65. The number of hydrogen-bond acceptors (Lipinski definition) is 6. The zero-order valence-corrected chi connectivity index (χ0v) is 12.4. The topological polar surface area (TPSA) is 54.0 Å². The summed E-state index contributed by atoms with van der Waals surface area (Å²) in [5.74, 6) is 0.829. The van der Waals surface area contributed by atoms with Crippen molar-refractivity contribution in [2.45, 2.75) is 24.1 Å². The lowest BCUT2D eigenvalue weighted by Crippen LogP contribution is -2.42. The fraction of sp³-hybridized carbons (Fsp3) is 0.900. The highest BCUT2D eigenvalue weighted by Gasteiger charge is 2.37. The number of ether oxygens (including phenoxy) is 1. The highest BCUT2D eigenvalue weighted by molar-refractivity contribution is 8.07. The van der Waals surface area contributed by atoms with Crippen LogP contribution in [-0.2, 0) is 22.8 Å². The fourth-order valence-corrected chi connectivity index (χ4v) is 3.68. The highest BCUT2D eigenvalue weighted by Crippen LogP contribution is 2.31. The smallest absolute Gasteiger partial charge is 0.465 e. The number of carbonyl (C=O) groups excluding carboxylic acids is 1. The Balaban J connectivity index is 2.07. The Hall–Kier alpha value is -0.0831. The summed E-state index contributed by atoms with van der Waals surface area (Å²) in [4.78, 5) is 11.2. The van der Waals surface area contributed by atoms with Crippen LogP contribution in [0.3, 0.4) is 0 Å². The van der Waals surface area contributed by atoms with Gasteiger partial charge in [0.1, 0.15) is 5.25 Å². The van der Waals surface area contributed by atoms with Crippen molar-refractivity contribution in [2.24, 2.45) is 0 Å². The minimum Gasteiger partial charge on any atom is -0.465 e. The van der Waals surface area contributed by atoms with Crippen LogP contribution in [0.5, 0.6) is 0 Å². The first kappa shape index (κ1) is 15.0. The minimum atomic E-state index is -2.45. The van der Waals surface area contributed by atoms with Gasteiger partial charge in [-0.15, -0.1) is 11.8 Å². The second-order valence-corrected chi connectivity index (χ2v) is 8.07. The first-order valence-corrected chi connectivity index (χ1v) is 8.59. The van der Waals surface area contributed by atoms with Crippen LogP contribution in [0.25, 0.3) is 0 Å². The summed E-state index contributed by atoms with van der Waals surface area (Å²) in [7, 11) is 2.35. The molecule has 0 N–H and O–H groups in total. The summed E-state index contributed by atoms with van der Waals surface area (Å²) in [5.41, 5.74) is 0. The summed E-state index contributed by atoms with van der Waals surface area (Å²) < 4.78 is 21.0. The van der Waals surface area contributed by atoms with Crippen molar-refractivity contribution in [3.05, 3.63) is 0 Å². The van der Waals surface area contributed by atoms with E-state index in [1.165, 1.54) is 0 Å². The van der Waals surface area contributed by atoms with Crippen LogP contribution >= 0.6 is 11.8 Å². The van der Waals surface area contributed by atoms with Crippen molar-refractivity contribution in [1.82, 2.24) is 0 Å². The monoisotopic (exact) mass is 280 g/mol. The molecule has 1 rings (SSSR count). The molecular weight excluding hydrogens is 260 g/mol. The zero-order chi connectivity index (χ0) is 12.7. The molecule has 0 spiro atoms. The maximum Gasteiger partial charge on any atom is 0.500 e. The van der Waals surface area contributed by atoms with Crippen LogP contribution in [0, 0.1) is 0 Å². The van der Waals surface area contributed by atoms with Gasteiger partial charge in [-0.3, -0.25) is 4.79 Å². The second-order valence-electron chi connectivity index (χ2n) is 3.74. The molecule has 7 heteroatoms. The summed E-state index contributed by atoms with van der Waals surface area (Å²) in [6.45, 7) is 0.470. The number of carbonyl (C=O) groups is 1. The van der Waals surface area contributed by atoms with Gasteiger partial charge in [-0.25, -0.2) is 0 Å². The van der Waals surface area contributed by atoms with Gasteiger partial charge in [-0.1, -0.05) is 0 Å². The molecule has 0 aromatic heterocycles. The molecule has 0 amide bonds. The van der Waals surface area contributed by atoms with Gasteiger partial charge in [-0.2, -0.15) is 0 Å². The van der Waals surface area contributed by atoms with Crippen molar-refractivity contribution in [2.75, 3.05) is 33.7 Å². The molecule has 1 heterocycles. The van der Waals surface area contributed by atoms with E-state index < -0.39 is 8.80 Å². The minimum absolute atomic E-state index is 0.0799. The standard InChI is InChI=1S/C10H20O5SSi/c1-12-17(13-2,14-3)7-5-4-6-15-10(11)9-8-16-9/h9H,4-8H2,1-3H3. The van der Waals surface area contributed by atoms with E-state index in [2.05, 4.69) is 0 Å². The first-order valence-electron chi connectivity index (χ1n) is 5.61. The van der Waals surface area contributed by atoms with E-state index in [0.717, 1.165) is 24.6 Å². The maximum absolute atomic E-state index is 11.2. The van der Waals surface area contributed by atoms with Gasteiger partial charge in [0.2, 0.25) is 0 Å². The predicted molar refractivity (Wildman–Crippen MR) is 68.0 cm³/mol. The second kappa shape index (κ2) is 7.37. The molecule has 17 heavy (non-hydrogen) atoms. The number of thioether (sulfide) groups is 1. The summed E-state index contributed by atoms with van der Waals surface area (Å²) in [5, 5.41) is 0.0976. The molecule has 100 valence electrons. The first-order chi connectivity index (χ1) is 8.17. The van der Waals surface area contributed by atoms with Crippen molar-refractivity contribution in [3.8, 4) is 0 Å². The molecule has 1 unspecified atom stereocenters. The Kier molecular flexibility index (Phi) is 6.50. The molecule has 1 fully saturated rings. The lowest BCUT2D eigenvalue weighted by atomic mass is 10.3. The Morgan fingerprint density at radius 2 is 1.82 bits per heavy atom. The quantitative estimate of drug-likeness (QED) is 0.275. The third kappa shape index (κ3) is 4.97. The Morgan fingerprint density at radius 1 is 1.24 bits per heavy atom. The predicted octanol–water partition coefficient (Wildman–Crippen LogP) is 1.30. The van der Waals surface area contributed by atoms with Gasteiger partial charge in [-0.05, 0) is 12.8 Å². The highest BCUT2D eigenvalue weighted by atomic mass is 32.2. The van der Waals surface area contributed by atoms with E-state index in [1.807, 2.05) is 0 Å². The van der Waals surface area contributed by atoms with E-state index in [-0.39, 0.29) is 11.2 Å². The lowest BCUT2D eigenvalue weighted by Gasteiger charge is -2.24. The van der Waals surface area contributed by atoms with Crippen LogP contribution in [0.15, 0.2) is 0 Å². The van der Waals surface area contributed by atoms with Crippen LogP contribution in [-0.4, -0.2) is 53.7 Å². The van der Waals surface area contributed by atoms with E-state index in [9.17, 15) is 4.79 Å². The molecule has 5 nitrogen and oxygen atoms in total. The molecule has 0 aromatic carbocycles. The van der Waals surface area contributed by atoms with Crippen LogP contribution in [0.4, 0.5) is 0 Å². The molecule has 0 aliphatic carbocycles. The molecule has 1 saturated heterocycles. The average molecular weight is 280 g/mol. The number of rotatable bonds is 9. The van der Waals surface area contributed by atoms with E-state index in [1.54, 1.807) is 33.1 Å². The normalized spacial score (nSPS) is 19.1. The van der Waals surface area contributed by atoms with Crippen molar-refractivity contribution in [1.29, 1.82) is 0 Å². The number of esters is 1. The van der Waals surface area contributed by atoms with Crippen LogP contribution in [0.2, 0.25) is 6.04 Å². The van der Waals surface area contributed by atoms with E-state index in [4.69, 9.17) is 18.0 Å². The molecule has 0 radical (unpaired) electrons. The Labute approximate surface area is 108 Å². The zero-order valence-electron chi connectivity index (χ0n) is 10.6. The molecule has 1 aliphatic heterocycles. The van der Waals surface area contributed by atoms with Gasteiger partial charge >= 0.3 is 14.8 Å². The number of hydrogen-bond donors (Lipinski definition) is 0. The molecule has 1 aliphatic rings. The van der Waals surface area contributed by atoms with E-state index in [0.29, 0.717) is 6.61 Å². The van der Waals surface area contributed by atoms with Crippen LogP contribution < -0.4 is 0 Å². The summed E-state index contributed by atoms with van der Waals surface area (Å²) in [6, 6.07) is 0.742. The molecule has 0 bridgehead atoms. The maximum atomic E-state index is 11.2. The SMILES string of the molecule is CO[Si](CCCCOC(=O)C1CS1)(OC)OC. The van der Waals surface area contributed by atoms with Crippen molar-refractivity contribution in [3.63, 3.8) is 0 Å². The van der Waals surface area contributed by atoms with Gasteiger partial charge in [0.25, 0.3) is 0 Å². The average Bonchev–Trinajstić information content (AvgIpc) is 3.18. The molecule has 0 aromatic rings. The van der Waals surface area contributed by atoms with Crippen molar-refractivity contribution >= 4 is 26.5 Å². The van der Waals surface area contributed by atoms with Gasteiger partial charge < -0.3 is 18.0 Å².